The molecule has 0 aromatic rings. The average molecular weight is 385 g/mol. The van der Waals surface area contributed by atoms with E-state index in [-0.39, 0.29) is 0 Å². The van der Waals surface area contributed by atoms with E-state index >= 15 is 0 Å². The molecule has 0 aliphatic heterocycles. The van der Waals surface area contributed by atoms with Gasteiger partial charge in [-0.3, -0.25) is 9.80 Å². The van der Waals surface area contributed by atoms with Gasteiger partial charge in [-0.15, -0.1) is 0 Å². The summed E-state index contributed by atoms with van der Waals surface area (Å²) in [7, 11) is 5.03. The Labute approximate surface area is 173 Å². The molecule has 8 aliphatic carbocycles. The molecule has 0 N–H and O–H groups in total. The van der Waals surface area contributed by atoms with Gasteiger partial charge in [0.2, 0.25) is 0 Å². The maximum absolute atomic E-state index is 2.92. The SMILES string of the molecule is CC(C(C)N(C)C12CC3CC(CC(C3)C1)C2)N(C)C12CC3CC(CC(C3)C1)C2. The van der Waals surface area contributed by atoms with Crippen molar-refractivity contribution in [3.63, 3.8) is 0 Å². The third-order valence-corrected chi connectivity index (χ3v) is 11.4. The fourth-order valence-corrected chi connectivity index (χ4v) is 10.5. The highest BCUT2D eigenvalue weighted by atomic mass is 15.3. The van der Waals surface area contributed by atoms with Crippen molar-refractivity contribution in [1.82, 2.24) is 9.80 Å². The molecule has 28 heavy (non-hydrogen) atoms. The van der Waals surface area contributed by atoms with E-state index in [1.54, 1.807) is 38.5 Å². The summed E-state index contributed by atoms with van der Waals surface area (Å²) >= 11 is 0. The number of hydrogen-bond acceptors (Lipinski definition) is 2. The smallest absolute Gasteiger partial charge is 0.0223 e. The van der Waals surface area contributed by atoms with Gasteiger partial charge in [-0.2, -0.15) is 0 Å². The first kappa shape index (κ1) is 18.7. The Morgan fingerprint density at radius 1 is 0.500 bits per heavy atom. The maximum atomic E-state index is 2.92. The van der Waals surface area contributed by atoms with Gasteiger partial charge in [0, 0.05) is 23.2 Å². The molecule has 0 amide bonds. The van der Waals surface area contributed by atoms with Crippen LogP contribution in [0.2, 0.25) is 0 Å². The molecule has 158 valence electrons. The molecule has 0 heterocycles. The third kappa shape index (κ3) is 2.65. The van der Waals surface area contributed by atoms with Gasteiger partial charge < -0.3 is 0 Å². The van der Waals surface area contributed by atoms with Crippen LogP contribution in [-0.4, -0.2) is 47.1 Å². The van der Waals surface area contributed by atoms with Gasteiger partial charge in [0.1, 0.15) is 0 Å². The van der Waals surface area contributed by atoms with Crippen molar-refractivity contribution in [2.75, 3.05) is 14.1 Å². The van der Waals surface area contributed by atoms with Crippen molar-refractivity contribution in [2.24, 2.45) is 35.5 Å². The van der Waals surface area contributed by atoms with Crippen molar-refractivity contribution in [3.05, 3.63) is 0 Å². The lowest BCUT2D eigenvalue weighted by Gasteiger charge is -2.64. The maximum Gasteiger partial charge on any atom is 0.0223 e. The van der Waals surface area contributed by atoms with Crippen molar-refractivity contribution in [3.8, 4) is 0 Å². The second-order valence-corrected chi connectivity index (χ2v) is 13.0. The Kier molecular flexibility index (Phi) is 4.15. The normalized spacial score (nSPS) is 53.4. The van der Waals surface area contributed by atoms with Crippen LogP contribution in [0.25, 0.3) is 0 Å². The van der Waals surface area contributed by atoms with Crippen LogP contribution in [0.1, 0.15) is 90.9 Å². The number of hydrogen-bond donors (Lipinski definition) is 0. The Morgan fingerprint density at radius 3 is 0.929 bits per heavy atom. The highest BCUT2D eigenvalue weighted by Crippen LogP contribution is 2.59. The summed E-state index contributed by atoms with van der Waals surface area (Å²) < 4.78 is 0. The van der Waals surface area contributed by atoms with Crippen LogP contribution < -0.4 is 0 Å². The Balaban J connectivity index is 1.20. The summed E-state index contributed by atoms with van der Waals surface area (Å²) in [6, 6.07) is 1.35. The van der Waals surface area contributed by atoms with Crippen LogP contribution in [0.5, 0.6) is 0 Å². The molecular formula is C26H44N2. The molecule has 2 nitrogen and oxygen atoms in total. The lowest BCUT2D eigenvalue weighted by atomic mass is 9.52. The van der Waals surface area contributed by atoms with Crippen molar-refractivity contribution in [1.29, 1.82) is 0 Å². The molecule has 0 aromatic carbocycles. The van der Waals surface area contributed by atoms with E-state index < -0.39 is 0 Å². The molecule has 0 radical (unpaired) electrons. The summed E-state index contributed by atoms with van der Waals surface area (Å²) in [4.78, 5) is 5.83. The van der Waals surface area contributed by atoms with Gasteiger partial charge in [-0.05, 0) is 141 Å². The fraction of sp³-hybridized carbons (Fsp3) is 1.00. The van der Waals surface area contributed by atoms with Gasteiger partial charge in [0.15, 0.2) is 0 Å². The summed E-state index contributed by atoms with van der Waals surface area (Å²) in [5, 5.41) is 0. The molecule has 0 spiro atoms. The minimum Gasteiger partial charge on any atom is -0.296 e. The fourth-order valence-electron chi connectivity index (χ4n) is 10.5. The topological polar surface area (TPSA) is 6.48 Å². The summed E-state index contributed by atoms with van der Waals surface area (Å²) in [6.45, 7) is 5.14. The van der Waals surface area contributed by atoms with Crippen LogP contribution in [0.3, 0.4) is 0 Å². The average Bonchev–Trinajstić information content (AvgIpc) is 2.63. The quantitative estimate of drug-likeness (QED) is 0.612. The van der Waals surface area contributed by atoms with Crippen LogP contribution in [0, 0.1) is 35.5 Å². The number of rotatable bonds is 5. The monoisotopic (exact) mass is 384 g/mol. The zero-order chi connectivity index (χ0) is 19.3. The summed E-state index contributed by atoms with van der Waals surface area (Å²) in [6.07, 6.45) is 18.4. The predicted octanol–water partition coefficient (Wildman–Crippen LogP) is 5.56. The standard InChI is InChI=1S/C26H44N2/c1-17(27(3)25-11-19-5-20(12-25)7-21(6-19)13-25)18(2)28(4)26-14-22-8-23(15-26)10-24(9-22)16-26/h17-24H,5-16H2,1-4H3. The minimum absolute atomic E-state index is 0.546. The molecule has 8 bridgehead atoms. The van der Waals surface area contributed by atoms with E-state index in [9.17, 15) is 0 Å². The molecule has 2 atom stereocenters. The van der Waals surface area contributed by atoms with Gasteiger partial charge in [0.25, 0.3) is 0 Å². The molecule has 2 heteroatoms. The second-order valence-electron chi connectivity index (χ2n) is 13.0. The van der Waals surface area contributed by atoms with Crippen molar-refractivity contribution < 1.29 is 0 Å². The van der Waals surface area contributed by atoms with Gasteiger partial charge in [-0.1, -0.05) is 0 Å². The first-order valence-corrected chi connectivity index (χ1v) is 12.8. The highest BCUT2D eigenvalue weighted by molar-refractivity contribution is 5.11. The zero-order valence-corrected chi connectivity index (χ0v) is 19.0. The summed E-state index contributed by atoms with van der Waals surface area (Å²) in [5.74, 6) is 6.32. The van der Waals surface area contributed by atoms with E-state index in [1.807, 2.05) is 0 Å². The minimum atomic E-state index is 0.546. The lowest BCUT2D eigenvalue weighted by molar-refractivity contribution is -0.126. The van der Waals surface area contributed by atoms with Gasteiger partial charge in [0.05, 0.1) is 0 Å². The molecular weight excluding hydrogens is 340 g/mol. The first-order valence-electron chi connectivity index (χ1n) is 12.8. The number of likely N-dealkylation sites (N-methyl/N-ethyl adjacent to an activating group) is 2. The van der Waals surface area contributed by atoms with E-state index in [1.165, 1.54) is 38.5 Å². The predicted molar refractivity (Wildman–Crippen MR) is 116 cm³/mol. The van der Waals surface area contributed by atoms with Crippen LogP contribution in [0.4, 0.5) is 0 Å². The van der Waals surface area contributed by atoms with Crippen LogP contribution >= 0.6 is 0 Å². The zero-order valence-electron chi connectivity index (χ0n) is 19.0. The third-order valence-electron chi connectivity index (χ3n) is 11.4. The van der Waals surface area contributed by atoms with Crippen LogP contribution in [-0.2, 0) is 0 Å². The first-order chi connectivity index (χ1) is 13.4. The molecule has 8 rings (SSSR count). The molecule has 8 aliphatic rings. The van der Waals surface area contributed by atoms with Gasteiger partial charge in [-0.25, -0.2) is 0 Å². The molecule has 0 saturated heterocycles. The van der Waals surface area contributed by atoms with E-state index in [4.69, 9.17) is 0 Å². The Morgan fingerprint density at radius 2 is 0.714 bits per heavy atom. The lowest BCUT2D eigenvalue weighted by Crippen LogP contribution is -2.66. The molecule has 2 unspecified atom stereocenters. The van der Waals surface area contributed by atoms with Crippen molar-refractivity contribution >= 4 is 0 Å². The Hall–Kier alpha value is -0.0800. The molecule has 8 saturated carbocycles. The molecule has 8 fully saturated rings. The summed E-state index contributed by atoms with van der Waals surface area (Å²) in [5.41, 5.74) is 1.09. The van der Waals surface area contributed by atoms with Gasteiger partial charge >= 0.3 is 0 Å². The second kappa shape index (κ2) is 6.22. The number of nitrogens with zero attached hydrogens (tertiary/aromatic N) is 2. The highest BCUT2D eigenvalue weighted by Gasteiger charge is 2.56. The van der Waals surface area contributed by atoms with Crippen molar-refractivity contribution in [2.45, 2.75) is 114 Å². The Bertz CT molecular complexity index is 499. The molecule has 0 aromatic heterocycles. The van der Waals surface area contributed by atoms with E-state index in [0.29, 0.717) is 23.2 Å². The van der Waals surface area contributed by atoms with E-state index in [2.05, 4.69) is 37.7 Å². The van der Waals surface area contributed by atoms with E-state index in [0.717, 1.165) is 35.5 Å². The largest absolute Gasteiger partial charge is 0.296 e. The van der Waals surface area contributed by atoms with Crippen LogP contribution in [0.15, 0.2) is 0 Å².